The SMILES string of the molecule is Cn1c(C(F)F)cn(-c2c(F)cc(Cl)c(O)c2[N+](=O)[O-])[n+]1=O. The summed E-state index contributed by atoms with van der Waals surface area (Å²) in [5, 5.41) is 19.9. The first kappa shape index (κ1) is 15.8. The van der Waals surface area contributed by atoms with Crippen molar-refractivity contribution in [3.63, 3.8) is 0 Å². The molecule has 118 valence electrons. The second-order valence-electron chi connectivity index (χ2n) is 4.12. The molecule has 0 saturated heterocycles. The van der Waals surface area contributed by atoms with Gasteiger partial charge in [0.2, 0.25) is 11.4 Å². The summed E-state index contributed by atoms with van der Waals surface area (Å²) in [5.74, 6) is -2.42. The largest absolute Gasteiger partial charge is 0.501 e. The number of hydrogen-bond donors (Lipinski definition) is 1. The van der Waals surface area contributed by atoms with E-state index in [2.05, 4.69) is 0 Å². The normalized spacial score (nSPS) is 11.2. The molecule has 0 radical (unpaired) electrons. The highest BCUT2D eigenvalue weighted by molar-refractivity contribution is 6.32. The van der Waals surface area contributed by atoms with Gasteiger partial charge in [-0.15, -0.1) is 0 Å². The van der Waals surface area contributed by atoms with E-state index in [4.69, 9.17) is 11.6 Å². The van der Waals surface area contributed by atoms with Gasteiger partial charge in [0.15, 0.2) is 11.5 Å². The van der Waals surface area contributed by atoms with Crippen molar-refractivity contribution in [3.8, 4) is 11.4 Å². The van der Waals surface area contributed by atoms with Crippen LogP contribution >= 0.6 is 11.6 Å². The van der Waals surface area contributed by atoms with Gasteiger partial charge >= 0.3 is 5.69 Å². The maximum atomic E-state index is 14.0. The fourth-order valence-electron chi connectivity index (χ4n) is 1.83. The van der Waals surface area contributed by atoms with Gasteiger partial charge in [-0.25, -0.2) is 13.2 Å². The summed E-state index contributed by atoms with van der Waals surface area (Å²) in [7, 11) is 0.963. The molecule has 0 amide bonds. The monoisotopic (exact) mass is 339 g/mol. The number of rotatable bonds is 3. The van der Waals surface area contributed by atoms with Crippen molar-refractivity contribution in [1.82, 2.24) is 9.36 Å². The summed E-state index contributed by atoms with van der Waals surface area (Å²) in [5.41, 5.74) is -3.03. The van der Waals surface area contributed by atoms with Crippen LogP contribution in [0.25, 0.3) is 5.69 Å². The van der Waals surface area contributed by atoms with Crippen LogP contribution < -0.4 is 4.66 Å². The van der Waals surface area contributed by atoms with E-state index in [1.165, 1.54) is 0 Å². The third kappa shape index (κ3) is 2.28. The fraction of sp³-hybridized carbons (Fsp3) is 0.200. The van der Waals surface area contributed by atoms with Crippen molar-refractivity contribution < 1.29 is 27.9 Å². The molecule has 0 bridgehead atoms. The smallest absolute Gasteiger partial charge is 0.345 e. The maximum Gasteiger partial charge on any atom is 0.345 e. The highest BCUT2D eigenvalue weighted by Crippen LogP contribution is 2.40. The molecule has 0 spiro atoms. The second-order valence-corrected chi connectivity index (χ2v) is 4.53. The molecule has 1 aromatic carbocycles. The van der Waals surface area contributed by atoms with E-state index >= 15 is 0 Å². The number of phenolic OH excluding ortho intramolecular Hbond substituents is 1. The molecule has 0 fully saturated rings. The van der Waals surface area contributed by atoms with Crippen molar-refractivity contribution in [3.05, 3.63) is 43.8 Å². The Hall–Kier alpha value is -2.56. The van der Waals surface area contributed by atoms with Gasteiger partial charge < -0.3 is 5.11 Å². The zero-order valence-electron chi connectivity index (χ0n) is 10.7. The van der Waals surface area contributed by atoms with Crippen molar-refractivity contribution >= 4 is 17.3 Å². The van der Waals surface area contributed by atoms with Crippen LogP contribution in [0.15, 0.2) is 12.3 Å². The van der Waals surface area contributed by atoms with Gasteiger partial charge in [-0.05, 0) is 10.7 Å². The zero-order chi connectivity index (χ0) is 16.8. The summed E-state index contributed by atoms with van der Waals surface area (Å²) >= 11 is 5.44. The standard InChI is InChI=1S/C10H6ClF3N4O4/c1-15-6(10(13)14)3-16(18(15)22)7-5(12)2-4(11)9(19)8(7)17(20)21/h2-3,10H,1H3/p+1. The average molecular weight is 340 g/mol. The number of alkyl halides is 2. The fourth-order valence-corrected chi connectivity index (χ4v) is 2.01. The third-order valence-corrected chi connectivity index (χ3v) is 3.15. The summed E-state index contributed by atoms with van der Waals surface area (Å²) in [6.45, 7) is 0. The van der Waals surface area contributed by atoms with E-state index in [1.807, 2.05) is 0 Å². The van der Waals surface area contributed by atoms with Gasteiger partial charge in [-0.2, -0.15) is 0 Å². The first-order valence-electron chi connectivity index (χ1n) is 5.52. The minimum absolute atomic E-state index is 0.222. The maximum absolute atomic E-state index is 14.0. The first-order valence-corrected chi connectivity index (χ1v) is 5.89. The van der Waals surface area contributed by atoms with Gasteiger partial charge in [-0.3, -0.25) is 10.1 Å². The Kier molecular flexibility index (Phi) is 3.83. The molecule has 0 atom stereocenters. The lowest BCUT2D eigenvalue weighted by molar-refractivity contribution is -0.669. The highest BCUT2D eigenvalue weighted by Gasteiger charge is 2.35. The molecule has 22 heavy (non-hydrogen) atoms. The molecule has 2 aromatic rings. The van der Waals surface area contributed by atoms with E-state index in [1.54, 1.807) is 0 Å². The number of hydrogen-bond acceptors (Lipinski definition) is 4. The Labute approximate surface area is 124 Å². The number of nitro benzene ring substituents is 1. The molecule has 0 saturated carbocycles. The van der Waals surface area contributed by atoms with Gasteiger partial charge in [0.1, 0.15) is 6.20 Å². The van der Waals surface area contributed by atoms with Gasteiger partial charge in [0.25, 0.3) is 11.1 Å². The van der Waals surface area contributed by atoms with Crippen molar-refractivity contribution in [1.29, 1.82) is 0 Å². The molecule has 1 heterocycles. The van der Waals surface area contributed by atoms with Crippen LogP contribution in [-0.2, 0) is 7.05 Å². The molecule has 1 aromatic heterocycles. The molecule has 2 rings (SSSR count). The lowest BCUT2D eigenvalue weighted by Gasteiger charge is -2.03. The minimum Gasteiger partial charge on any atom is -0.501 e. The molecule has 0 aliphatic heterocycles. The number of nitro groups is 1. The van der Waals surface area contributed by atoms with E-state index in [9.17, 15) is 33.3 Å². The Bertz CT molecular complexity index is 833. The van der Waals surface area contributed by atoms with E-state index in [0.29, 0.717) is 16.9 Å². The van der Waals surface area contributed by atoms with Crippen LogP contribution in [0.4, 0.5) is 18.9 Å². The van der Waals surface area contributed by atoms with E-state index in [0.717, 1.165) is 7.05 Å². The summed E-state index contributed by atoms with van der Waals surface area (Å²) < 4.78 is 39.9. The topological polar surface area (TPSA) is 96.2 Å². The van der Waals surface area contributed by atoms with Gasteiger partial charge in [0.05, 0.1) is 21.9 Å². The summed E-state index contributed by atoms with van der Waals surface area (Å²) in [4.78, 5) is 21.6. The lowest BCUT2D eigenvalue weighted by Crippen LogP contribution is -2.35. The van der Waals surface area contributed by atoms with Gasteiger partial charge in [-0.1, -0.05) is 16.3 Å². The zero-order valence-corrected chi connectivity index (χ0v) is 11.5. The molecule has 0 aliphatic carbocycles. The van der Waals surface area contributed by atoms with Crippen LogP contribution in [0.3, 0.4) is 0 Å². The second kappa shape index (κ2) is 5.33. The van der Waals surface area contributed by atoms with E-state index in [-0.39, 0.29) is 9.34 Å². The molecule has 12 heteroatoms. The third-order valence-electron chi connectivity index (χ3n) is 2.86. The predicted octanol–water partition coefficient (Wildman–Crippen LogP) is 2.07. The van der Waals surface area contributed by atoms with Crippen molar-refractivity contribution in [2.24, 2.45) is 7.05 Å². The van der Waals surface area contributed by atoms with Crippen molar-refractivity contribution in [2.75, 3.05) is 0 Å². The Morgan fingerprint density at radius 2 is 2.09 bits per heavy atom. The molecular formula is C10H7ClF3N4O4+. The highest BCUT2D eigenvalue weighted by atomic mass is 35.5. The number of nitrogens with zero attached hydrogens (tertiary/aromatic N) is 4. The van der Waals surface area contributed by atoms with Crippen LogP contribution in [0.1, 0.15) is 12.1 Å². The Morgan fingerprint density at radius 3 is 2.55 bits per heavy atom. The minimum atomic E-state index is -3.07. The first-order chi connectivity index (χ1) is 10.2. The van der Waals surface area contributed by atoms with Crippen molar-refractivity contribution in [2.45, 2.75) is 6.43 Å². The van der Waals surface area contributed by atoms with Crippen LogP contribution in [0.5, 0.6) is 5.75 Å². The molecule has 0 aliphatic rings. The summed E-state index contributed by atoms with van der Waals surface area (Å²) in [6.07, 6.45) is -2.55. The molecule has 1 N–H and O–H groups in total. The average Bonchev–Trinajstić information content (AvgIpc) is 2.70. The van der Waals surface area contributed by atoms with Crippen LogP contribution in [0.2, 0.25) is 5.02 Å². The number of halogens is 4. The van der Waals surface area contributed by atoms with E-state index < -0.39 is 45.0 Å². The number of aromatic nitrogens is 3. The number of benzene rings is 1. The van der Waals surface area contributed by atoms with Crippen LogP contribution in [0, 0.1) is 20.8 Å². The van der Waals surface area contributed by atoms with Gasteiger partial charge in [0, 0.05) is 0 Å². The molecule has 8 nitrogen and oxygen atoms in total. The van der Waals surface area contributed by atoms with Crippen LogP contribution in [-0.4, -0.2) is 19.4 Å². The number of phenols is 1. The predicted molar refractivity (Wildman–Crippen MR) is 66.4 cm³/mol. The molecular weight excluding hydrogens is 333 g/mol. The molecule has 0 unspecified atom stereocenters. The quantitative estimate of drug-likeness (QED) is 0.526. The Balaban J connectivity index is 2.90. The summed E-state index contributed by atoms with van der Waals surface area (Å²) in [6, 6.07) is 0.529. The Morgan fingerprint density at radius 1 is 1.50 bits per heavy atom. The lowest BCUT2D eigenvalue weighted by atomic mass is 10.2. The number of aromatic hydroxyl groups is 1.